The van der Waals surface area contributed by atoms with Gasteiger partial charge in [0.2, 0.25) is 5.91 Å². The fraction of sp³-hybridized carbons (Fsp3) is 0.400. The number of halogens is 1. The normalized spacial score (nSPS) is 20.6. The summed E-state index contributed by atoms with van der Waals surface area (Å²) in [5, 5.41) is 0. The van der Waals surface area contributed by atoms with E-state index in [1.807, 2.05) is 12.1 Å². The lowest BCUT2D eigenvalue weighted by Crippen LogP contribution is -2.27. The predicted molar refractivity (Wildman–Crippen MR) is 61.5 cm³/mol. The number of carbonyl (C=O) groups is 1. The van der Waals surface area contributed by atoms with Crippen molar-refractivity contribution in [3.8, 4) is 0 Å². The number of primary amides is 1. The number of hydrogen-bond donors (Lipinski definition) is 1. The molecule has 2 N–H and O–H groups in total. The summed E-state index contributed by atoms with van der Waals surface area (Å²) in [6.45, 7) is 1.53. The third-order valence-corrected chi connectivity index (χ3v) is 3.10. The number of carbonyl (C=O) groups excluding carboxylic acids is 1. The van der Waals surface area contributed by atoms with Gasteiger partial charge in [-0.3, -0.25) is 4.79 Å². The van der Waals surface area contributed by atoms with Gasteiger partial charge in [0.15, 0.2) is 0 Å². The van der Waals surface area contributed by atoms with Crippen molar-refractivity contribution < 1.29 is 4.79 Å². The van der Waals surface area contributed by atoms with Crippen LogP contribution >= 0.6 is 15.9 Å². The van der Waals surface area contributed by atoms with Gasteiger partial charge in [0.1, 0.15) is 5.82 Å². The Morgan fingerprint density at radius 3 is 2.93 bits per heavy atom. The van der Waals surface area contributed by atoms with Gasteiger partial charge in [0, 0.05) is 23.8 Å². The van der Waals surface area contributed by atoms with Crippen LogP contribution in [0.4, 0.5) is 5.82 Å². The van der Waals surface area contributed by atoms with Crippen LogP contribution in [0.15, 0.2) is 22.8 Å². The Hall–Kier alpha value is -1.10. The van der Waals surface area contributed by atoms with E-state index >= 15 is 0 Å². The molecule has 0 spiro atoms. The van der Waals surface area contributed by atoms with E-state index in [1.54, 1.807) is 6.20 Å². The zero-order chi connectivity index (χ0) is 10.8. The van der Waals surface area contributed by atoms with Crippen LogP contribution in [0.25, 0.3) is 0 Å². The summed E-state index contributed by atoms with van der Waals surface area (Å²) >= 11 is 3.33. The second-order valence-corrected chi connectivity index (χ2v) is 4.58. The monoisotopic (exact) mass is 269 g/mol. The lowest BCUT2D eigenvalue weighted by atomic mass is 10.1. The number of nitrogens with zero attached hydrogens (tertiary/aromatic N) is 2. The van der Waals surface area contributed by atoms with Gasteiger partial charge in [-0.2, -0.15) is 0 Å². The van der Waals surface area contributed by atoms with Crippen LogP contribution < -0.4 is 10.6 Å². The molecule has 1 fully saturated rings. The number of rotatable bonds is 2. The van der Waals surface area contributed by atoms with Crippen molar-refractivity contribution in [2.45, 2.75) is 6.42 Å². The second-order valence-electron chi connectivity index (χ2n) is 3.67. The fourth-order valence-electron chi connectivity index (χ4n) is 1.76. The lowest BCUT2D eigenvalue weighted by molar-refractivity contribution is -0.121. The van der Waals surface area contributed by atoms with E-state index in [4.69, 9.17) is 5.73 Å². The Labute approximate surface area is 96.6 Å². The molecular weight excluding hydrogens is 258 g/mol. The van der Waals surface area contributed by atoms with Crippen LogP contribution in [-0.4, -0.2) is 24.0 Å². The second kappa shape index (κ2) is 4.18. The van der Waals surface area contributed by atoms with Crippen molar-refractivity contribution >= 4 is 27.7 Å². The van der Waals surface area contributed by atoms with Crippen LogP contribution in [-0.2, 0) is 4.79 Å². The standard InChI is InChI=1S/C10H12BrN3O/c11-8-1-2-9(13-5-8)14-4-3-7(6-14)10(12)15/h1-2,5,7H,3-4,6H2,(H2,12,15). The van der Waals surface area contributed by atoms with Gasteiger partial charge in [0.25, 0.3) is 0 Å². The summed E-state index contributed by atoms with van der Waals surface area (Å²) in [6, 6.07) is 3.88. The molecule has 1 aromatic heterocycles. The maximum absolute atomic E-state index is 11.0. The Morgan fingerprint density at radius 1 is 1.60 bits per heavy atom. The van der Waals surface area contributed by atoms with Crippen molar-refractivity contribution in [2.24, 2.45) is 11.7 Å². The topological polar surface area (TPSA) is 59.2 Å². The molecule has 0 aliphatic carbocycles. The molecule has 1 amide bonds. The van der Waals surface area contributed by atoms with Gasteiger partial charge < -0.3 is 10.6 Å². The molecule has 2 rings (SSSR count). The third kappa shape index (κ3) is 2.28. The quantitative estimate of drug-likeness (QED) is 0.877. The first kappa shape index (κ1) is 10.4. The summed E-state index contributed by atoms with van der Waals surface area (Å²) in [6.07, 6.45) is 2.58. The van der Waals surface area contributed by atoms with Crippen molar-refractivity contribution in [1.82, 2.24) is 4.98 Å². The molecule has 1 aliphatic heterocycles. The molecule has 0 aromatic carbocycles. The summed E-state index contributed by atoms with van der Waals surface area (Å²) < 4.78 is 0.955. The molecule has 2 heterocycles. The zero-order valence-corrected chi connectivity index (χ0v) is 9.77. The van der Waals surface area contributed by atoms with Gasteiger partial charge >= 0.3 is 0 Å². The molecule has 80 valence electrons. The highest BCUT2D eigenvalue weighted by Crippen LogP contribution is 2.22. The third-order valence-electron chi connectivity index (χ3n) is 2.63. The number of anilines is 1. The number of amides is 1. The molecule has 4 nitrogen and oxygen atoms in total. The SMILES string of the molecule is NC(=O)C1CCN(c2ccc(Br)cn2)C1. The molecule has 0 bridgehead atoms. The smallest absolute Gasteiger partial charge is 0.222 e. The Bertz CT molecular complexity index is 365. The number of aromatic nitrogens is 1. The number of hydrogen-bond acceptors (Lipinski definition) is 3. The van der Waals surface area contributed by atoms with E-state index < -0.39 is 0 Å². The summed E-state index contributed by atoms with van der Waals surface area (Å²) in [7, 11) is 0. The number of nitrogens with two attached hydrogens (primary N) is 1. The maximum Gasteiger partial charge on any atom is 0.222 e. The molecule has 0 saturated carbocycles. The molecule has 1 saturated heterocycles. The van der Waals surface area contributed by atoms with E-state index in [2.05, 4.69) is 25.8 Å². The highest BCUT2D eigenvalue weighted by atomic mass is 79.9. The van der Waals surface area contributed by atoms with Crippen LogP contribution in [0.1, 0.15) is 6.42 Å². The minimum Gasteiger partial charge on any atom is -0.369 e. The molecular formula is C10H12BrN3O. The summed E-state index contributed by atoms with van der Waals surface area (Å²) in [4.78, 5) is 17.4. The summed E-state index contributed by atoms with van der Waals surface area (Å²) in [5.74, 6) is 0.659. The zero-order valence-electron chi connectivity index (χ0n) is 8.19. The highest BCUT2D eigenvalue weighted by Gasteiger charge is 2.27. The maximum atomic E-state index is 11.0. The van der Waals surface area contributed by atoms with E-state index in [9.17, 15) is 4.79 Å². The van der Waals surface area contributed by atoms with Gasteiger partial charge in [-0.25, -0.2) is 4.98 Å². The molecule has 1 aliphatic rings. The van der Waals surface area contributed by atoms with Crippen molar-refractivity contribution in [3.05, 3.63) is 22.8 Å². The van der Waals surface area contributed by atoms with Crippen LogP contribution in [0.3, 0.4) is 0 Å². The van der Waals surface area contributed by atoms with Gasteiger partial charge in [-0.05, 0) is 34.5 Å². The minimum atomic E-state index is -0.213. The Balaban J connectivity index is 2.07. The molecule has 1 aromatic rings. The first-order valence-electron chi connectivity index (χ1n) is 4.82. The van der Waals surface area contributed by atoms with Gasteiger partial charge in [0.05, 0.1) is 5.92 Å². The fourth-order valence-corrected chi connectivity index (χ4v) is 1.99. The van der Waals surface area contributed by atoms with Gasteiger partial charge in [-0.1, -0.05) is 0 Å². The molecule has 5 heteroatoms. The molecule has 0 radical (unpaired) electrons. The Kier molecular flexibility index (Phi) is 2.90. The van der Waals surface area contributed by atoms with E-state index in [0.29, 0.717) is 6.54 Å². The first-order chi connectivity index (χ1) is 7.16. The average molecular weight is 270 g/mol. The summed E-state index contributed by atoms with van der Waals surface area (Å²) in [5.41, 5.74) is 5.27. The van der Waals surface area contributed by atoms with Crippen molar-refractivity contribution in [1.29, 1.82) is 0 Å². The van der Waals surface area contributed by atoms with Crippen LogP contribution in [0, 0.1) is 5.92 Å². The highest BCUT2D eigenvalue weighted by molar-refractivity contribution is 9.10. The first-order valence-corrected chi connectivity index (χ1v) is 5.62. The predicted octanol–water partition coefficient (Wildman–Crippen LogP) is 1.16. The Morgan fingerprint density at radius 2 is 2.40 bits per heavy atom. The van der Waals surface area contributed by atoms with E-state index in [1.165, 1.54) is 0 Å². The van der Waals surface area contributed by atoms with Gasteiger partial charge in [-0.15, -0.1) is 0 Å². The number of pyridine rings is 1. The lowest BCUT2D eigenvalue weighted by Gasteiger charge is -2.16. The molecule has 1 unspecified atom stereocenters. The molecule has 1 atom stereocenters. The van der Waals surface area contributed by atoms with Crippen molar-refractivity contribution in [2.75, 3.05) is 18.0 Å². The van der Waals surface area contributed by atoms with Crippen LogP contribution in [0.5, 0.6) is 0 Å². The average Bonchev–Trinajstić information content (AvgIpc) is 2.68. The largest absolute Gasteiger partial charge is 0.369 e. The van der Waals surface area contributed by atoms with Crippen LogP contribution in [0.2, 0.25) is 0 Å². The van der Waals surface area contributed by atoms with Crippen molar-refractivity contribution in [3.63, 3.8) is 0 Å². The molecule has 15 heavy (non-hydrogen) atoms. The minimum absolute atomic E-state index is 0.0320. The van der Waals surface area contributed by atoms with E-state index in [-0.39, 0.29) is 11.8 Å². The van der Waals surface area contributed by atoms with E-state index in [0.717, 1.165) is 23.3 Å².